The topological polar surface area (TPSA) is 85.2 Å². The molecule has 17 heavy (non-hydrogen) atoms. The van der Waals surface area contributed by atoms with Crippen molar-refractivity contribution in [3.05, 3.63) is 0 Å². The monoisotopic (exact) mass is 236 g/mol. The lowest BCUT2D eigenvalue weighted by atomic mass is 10.1. The molecule has 2 heterocycles. The van der Waals surface area contributed by atoms with Crippen molar-refractivity contribution < 1.29 is 9.59 Å². The summed E-state index contributed by atoms with van der Waals surface area (Å²) in [5.41, 5.74) is 0. The SMILES string of the molecule is N#CCNC(=O)C(=O)NC1CCN2CCCC12. The van der Waals surface area contributed by atoms with Gasteiger partial charge in [-0.05, 0) is 25.8 Å². The molecule has 2 N–H and O–H groups in total. The Labute approximate surface area is 100.0 Å². The minimum absolute atomic E-state index is 0.0813. The van der Waals surface area contributed by atoms with Crippen LogP contribution in [0.2, 0.25) is 0 Å². The van der Waals surface area contributed by atoms with E-state index in [-0.39, 0.29) is 12.6 Å². The Morgan fingerprint density at radius 3 is 2.88 bits per heavy atom. The normalized spacial score (nSPS) is 27.2. The standard InChI is InChI=1S/C11H16N4O2/c12-4-5-13-10(16)11(17)14-8-3-7-15-6-1-2-9(8)15/h8-9H,1-3,5-7H2,(H,13,16)(H,14,17). The first-order valence-electron chi connectivity index (χ1n) is 5.92. The maximum absolute atomic E-state index is 11.5. The van der Waals surface area contributed by atoms with Crippen LogP contribution in [0.25, 0.3) is 0 Å². The maximum atomic E-state index is 11.5. The first-order chi connectivity index (χ1) is 8.22. The number of carbonyl (C=O) groups is 2. The zero-order valence-corrected chi connectivity index (χ0v) is 9.61. The van der Waals surface area contributed by atoms with E-state index in [4.69, 9.17) is 5.26 Å². The van der Waals surface area contributed by atoms with Gasteiger partial charge in [-0.3, -0.25) is 14.5 Å². The Balaban J connectivity index is 1.83. The molecule has 0 bridgehead atoms. The van der Waals surface area contributed by atoms with Crippen molar-refractivity contribution in [2.24, 2.45) is 0 Å². The van der Waals surface area contributed by atoms with Crippen molar-refractivity contribution >= 4 is 11.8 Å². The summed E-state index contributed by atoms with van der Waals surface area (Å²) < 4.78 is 0. The van der Waals surface area contributed by atoms with Gasteiger partial charge in [-0.1, -0.05) is 0 Å². The molecule has 0 aliphatic carbocycles. The summed E-state index contributed by atoms with van der Waals surface area (Å²) in [7, 11) is 0. The van der Waals surface area contributed by atoms with E-state index < -0.39 is 11.8 Å². The van der Waals surface area contributed by atoms with E-state index in [1.165, 1.54) is 0 Å². The number of rotatable bonds is 2. The average molecular weight is 236 g/mol. The molecule has 2 atom stereocenters. The van der Waals surface area contributed by atoms with Crippen molar-refractivity contribution in [2.45, 2.75) is 31.3 Å². The summed E-state index contributed by atoms with van der Waals surface area (Å²) in [6.07, 6.45) is 3.16. The third-order valence-corrected chi connectivity index (χ3v) is 3.46. The zero-order chi connectivity index (χ0) is 12.3. The second-order valence-corrected chi connectivity index (χ2v) is 4.45. The number of nitrogens with one attached hydrogen (secondary N) is 2. The van der Waals surface area contributed by atoms with Crippen LogP contribution in [0, 0.1) is 11.3 Å². The van der Waals surface area contributed by atoms with E-state index in [9.17, 15) is 9.59 Å². The Morgan fingerprint density at radius 2 is 2.12 bits per heavy atom. The van der Waals surface area contributed by atoms with Crippen molar-refractivity contribution in [1.82, 2.24) is 15.5 Å². The fourth-order valence-electron chi connectivity index (χ4n) is 2.68. The van der Waals surface area contributed by atoms with Gasteiger partial charge in [0, 0.05) is 18.6 Å². The van der Waals surface area contributed by atoms with Crippen LogP contribution in [-0.4, -0.2) is 48.4 Å². The van der Waals surface area contributed by atoms with Crippen LogP contribution in [0.15, 0.2) is 0 Å². The Bertz CT molecular complexity index is 363. The molecule has 92 valence electrons. The summed E-state index contributed by atoms with van der Waals surface area (Å²) >= 11 is 0. The molecule has 2 rings (SSSR count). The molecule has 2 aliphatic rings. The first-order valence-corrected chi connectivity index (χ1v) is 5.92. The fourth-order valence-corrected chi connectivity index (χ4v) is 2.68. The van der Waals surface area contributed by atoms with Gasteiger partial charge in [0.2, 0.25) is 0 Å². The first kappa shape index (κ1) is 11.9. The van der Waals surface area contributed by atoms with Gasteiger partial charge in [0.05, 0.1) is 6.07 Å². The van der Waals surface area contributed by atoms with Gasteiger partial charge in [0.15, 0.2) is 0 Å². The summed E-state index contributed by atoms with van der Waals surface area (Å²) in [5, 5.41) is 13.3. The van der Waals surface area contributed by atoms with E-state index >= 15 is 0 Å². The molecular formula is C11H16N4O2. The maximum Gasteiger partial charge on any atom is 0.310 e. The minimum atomic E-state index is -0.719. The van der Waals surface area contributed by atoms with Crippen LogP contribution in [0.3, 0.4) is 0 Å². The van der Waals surface area contributed by atoms with Gasteiger partial charge in [0.25, 0.3) is 0 Å². The van der Waals surface area contributed by atoms with Crippen LogP contribution in [0.1, 0.15) is 19.3 Å². The molecular weight excluding hydrogens is 220 g/mol. The van der Waals surface area contributed by atoms with Gasteiger partial charge < -0.3 is 10.6 Å². The second-order valence-electron chi connectivity index (χ2n) is 4.45. The van der Waals surface area contributed by atoms with Crippen LogP contribution >= 0.6 is 0 Å². The minimum Gasteiger partial charge on any atom is -0.343 e. The van der Waals surface area contributed by atoms with Crippen LogP contribution in [0.5, 0.6) is 0 Å². The van der Waals surface area contributed by atoms with Gasteiger partial charge in [-0.25, -0.2) is 0 Å². The molecule has 2 unspecified atom stereocenters. The van der Waals surface area contributed by atoms with Crippen LogP contribution in [-0.2, 0) is 9.59 Å². The lowest BCUT2D eigenvalue weighted by molar-refractivity contribution is -0.139. The number of hydrogen-bond donors (Lipinski definition) is 2. The molecule has 0 saturated carbocycles. The summed E-state index contributed by atoms with van der Waals surface area (Å²) in [6, 6.07) is 2.24. The molecule has 2 aliphatic heterocycles. The zero-order valence-electron chi connectivity index (χ0n) is 9.61. The van der Waals surface area contributed by atoms with E-state index in [1.54, 1.807) is 6.07 Å². The molecule has 6 heteroatoms. The second kappa shape index (κ2) is 5.15. The molecule has 2 fully saturated rings. The molecule has 0 spiro atoms. The smallest absolute Gasteiger partial charge is 0.310 e. The number of nitrogens with zero attached hydrogens (tertiary/aromatic N) is 2. The number of amides is 2. The number of hydrogen-bond acceptors (Lipinski definition) is 4. The summed E-state index contributed by atoms with van der Waals surface area (Å²) in [5.74, 6) is -1.35. The third-order valence-electron chi connectivity index (χ3n) is 3.46. The predicted molar refractivity (Wildman–Crippen MR) is 59.8 cm³/mol. The molecule has 2 amide bonds. The van der Waals surface area contributed by atoms with Gasteiger partial charge in [-0.15, -0.1) is 0 Å². The van der Waals surface area contributed by atoms with E-state index in [1.807, 2.05) is 0 Å². The van der Waals surface area contributed by atoms with E-state index in [0.29, 0.717) is 6.04 Å². The van der Waals surface area contributed by atoms with Crippen molar-refractivity contribution in [3.8, 4) is 6.07 Å². The molecule has 0 aromatic heterocycles. The molecule has 0 aromatic rings. The van der Waals surface area contributed by atoms with E-state index in [0.717, 1.165) is 32.4 Å². The highest BCUT2D eigenvalue weighted by atomic mass is 16.2. The molecule has 6 nitrogen and oxygen atoms in total. The lowest BCUT2D eigenvalue weighted by Gasteiger charge is -2.20. The average Bonchev–Trinajstić information content (AvgIpc) is 2.90. The largest absolute Gasteiger partial charge is 0.343 e. The Hall–Kier alpha value is -1.61. The van der Waals surface area contributed by atoms with Crippen molar-refractivity contribution in [1.29, 1.82) is 5.26 Å². The van der Waals surface area contributed by atoms with Crippen LogP contribution < -0.4 is 10.6 Å². The summed E-state index contributed by atoms with van der Waals surface area (Å²) in [4.78, 5) is 25.2. The highest BCUT2D eigenvalue weighted by Gasteiger charge is 2.38. The number of carbonyl (C=O) groups excluding carboxylic acids is 2. The van der Waals surface area contributed by atoms with Gasteiger partial charge in [-0.2, -0.15) is 5.26 Å². The van der Waals surface area contributed by atoms with Crippen molar-refractivity contribution in [2.75, 3.05) is 19.6 Å². The number of nitriles is 1. The Morgan fingerprint density at radius 1 is 1.29 bits per heavy atom. The summed E-state index contributed by atoms with van der Waals surface area (Å²) in [6.45, 7) is 1.96. The third kappa shape index (κ3) is 2.56. The lowest BCUT2D eigenvalue weighted by Crippen LogP contribution is -2.48. The van der Waals surface area contributed by atoms with Gasteiger partial charge in [0.1, 0.15) is 6.54 Å². The fraction of sp³-hybridized carbons (Fsp3) is 0.727. The van der Waals surface area contributed by atoms with Crippen LogP contribution in [0.4, 0.5) is 0 Å². The van der Waals surface area contributed by atoms with Gasteiger partial charge >= 0.3 is 11.8 Å². The van der Waals surface area contributed by atoms with E-state index in [2.05, 4.69) is 15.5 Å². The molecule has 2 saturated heterocycles. The molecule has 0 aromatic carbocycles. The highest BCUT2D eigenvalue weighted by molar-refractivity contribution is 6.35. The highest BCUT2D eigenvalue weighted by Crippen LogP contribution is 2.27. The quantitative estimate of drug-likeness (QED) is 0.474. The molecule has 0 radical (unpaired) electrons. The predicted octanol–water partition coefficient (Wildman–Crippen LogP) is -1.02. The number of fused-ring (bicyclic) bond motifs is 1. The van der Waals surface area contributed by atoms with Crippen molar-refractivity contribution in [3.63, 3.8) is 0 Å². The Kier molecular flexibility index (Phi) is 3.59.